The topological polar surface area (TPSA) is 82.8 Å². The van der Waals surface area contributed by atoms with Crippen molar-refractivity contribution < 1.29 is 23.5 Å². The number of aryl methyl sites for hydroxylation is 1. The van der Waals surface area contributed by atoms with Gasteiger partial charge in [-0.25, -0.2) is 4.79 Å². The lowest BCUT2D eigenvalue weighted by atomic mass is 10.1. The summed E-state index contributed by atoms with van der Waals surface area (Å²) in [6, 6.07) is 13.7. The molecule has 0 radical (unpaired) electrons. The molecule has 3 rings (SSSR count). The second-order valence-corrected chi connectivity index (χ2v) is 6.78. The van der Waals surface area contributed by atoms with E-state index in [1.54, 1.807) is 30.3 Å². The van der Waals surface area contributed by atoms with Crippen molar-refractivity contribution in [1.82, 2.24) is 0 Å². The van der Waals surface area contributed by atoms with Crippen LogP contribution < -0.4 is 10.4 Å². The first-order valence-corrected chi connectivity index (χ1v) is 9.35. The fourth-order valence-corrected chi connectivity index (χ4v) is 2.88. The van der Waals surface area contributed by atoms with Crippen LogP contribution in [0.5, 0.6) is 5.75 Å². The number of benzene rings is 2. The Balaban J connectivity index is 1.47. The lowest BCUT2D eigenvalue weighted by molar-refractivity contribution is -0.145. The summed E-state index contributed by atoms with van der Waals surface area (Å²) < 4.78 is 16.1. The Kier molecular flexibility index (Phi) is 6.44. The molecule has 0 amide bonds. The van der Waals surface area contributed by atoms with Crippen LogP contribution in [0.25, 0.3) is 11.0 Å². The van der Waals surface area contributed by atoms with Crippen molar-refractivity contribution in [2.75, 3.05) is 6.61 Å². The molecular formula is C23H22O6. The van der Waals surface area contributed by atoms with E-state index in [4.69, 9.17) is 13.9 Å². The minimum Gasteiger partial charge on any atom is -0.494 e. The number of fused-ring (bicyclic) bond motifs is 1. The van der Waals surface area contributed by atoms with E-state index in [0.29, 0.717) is 35.5 Å². The van der Waals surface area contributed by atoms with Crippen LogP contribution in [0.1, 0.15) is 41.3 Å². The van der Waals surface area contributed by atoms with Crippen LogP contribution in [0.2, 0.25) is 0 Å². The number of rotatable bonds is 8. The van der Waals surface area contributed by atoms with Gasteiger partial charge >= 0.3 is 11.6 Å². The molecule has 2 aromatic carbocycles. The van der Waals surface area contributed by atoms with E-state index in [-0.39, 0.29) is 24.8 Å². The van der Waals surface area contributed by atoms with E-state index in [1.807, 2.05) is 19.1 Å². The summed E-state index contributed by atoms with van der Waals surface area (Å²) in [6.07, 6.45) is 0.689. The first kappa shape index (κ1) is 20.3. The maximum atomic E-state index is 12.0. The van der Waals surface area contributed by atoms with Gasteiger partial charge in [-0.15, -0.1) is 0 Å². The largest absolute Gasteiger partial charge is 0.494 e. The Labute approximate surface area is 168 Å². The molecule has 0 fully saturated rings. The summed E-state index contributed by atoms with van der Waals surface area (Å²) >= 11 is 0. The number of hydrogen-bond donors (Lipinski definition) is 0. The lowest BCUT2D eigenvalue weighted by Crippen LogP contribution is -2.09. The van der Waals surface area contributed by atoms with Crippen molar-refractivity contribution in [3.63, 3.8) is 0 Å². The number of carbonyl (C=O) groups is 2. The van der Waals surface area contributed by atoms with Crippen molar-refractivity contribution in [1.29, 1.82) is 0 Å². The van der Waals surface area contributed by atoms with Gasteiger partial charge in [-0.2, -0.15) is 0 Å². The molecule has 3 aromatic rings. The van der Waals surface area contributed by atoms with Gasteiger partial charge in [0.1, 0.15) is 17.9 Å². The SMILES string of the molecule is CC(=O)c1ccc(OCCCC(=O)OCc2cc(=O)oc3cc(C)ccc23)cc1. The highest BCUT2D eigenvalue weighted by atomic mass is 16.5. The van der Waals surface area contributed by atoms with Crippen molar-refractivity contribution >= 4 is 22.7 Å². The van der Waals surface area contributed by atoms with E-state index in [2.05, 4.69) is 0 Å². The monoisotopic (exact) mass is 394 g/mol. The van der Waals surface area contributed by atoms with Gasteiger partial charge in [-0.3, -0.25) is 9.59 Å². The molecule has 150 valence electrons. The minimum atomic E-state index is -0.474. The third kappa shape index (κ3) is 5.54. The lowest BCUT2D eigenvalue weighted by Gasteiger charge is -2.09. The van der Waals surface area contributed by atoms with Crippen LogP contribution in [0.15, 0.2) is 57.7 Å². The first-order valence-electron chi connectivity index (χ1n) is 9.35. The van der Waals surface area contributed by atoms with Crippen molar-refractivity contribution in [2.24, 2.45) is 0 Å². The van der Waals surface area contributed by atoms with Crippen molar-refractivity contribution in [3.8, 4) is 5.75 Å². The summed E-state index contributed by atoms with van der Waals surface area (Å²) in [5.41, 5.74) is 2.22. The predicted octanol–water partition coefficient (Wildman–Crippen LogP) is 4.21. The van der Waals surface area contributed by atoms with Gasteiger partial charge in [0.15, 0.2) is 5.78 Å². The van der Waals surface area contributed by atoms with Gasteiger partial charge in [0.2, 0.25) is 0 Å². The summed E-state index contributed by atoms with van der Waals surface area (Å²) in [4.78, 5) is 35.0. The zero-order valence-electron chi connectivity index (χ0n) is 16.4. The Bertz CT molecular complexity index is 1080. The Hall–Kier alpha value is -3.41. The maximum Gasteiger partial charge on any atom is 0.336 e. The number of carbonyl (C=O) groups excluding carboxylic acids is 2. The second-order valence-electron chi connectivity index (χ2n) is 6.78. The Morgan fingerprint density at radius 3 is 2.52 bits per heavy atom. The zero-order valence-corrected chi connectivity index (χ0v) is 16.4. The molecule has 1 heterocycles. The first-order chi connectivity index (χ1) is 13.9. The number of ketones is 1. The summed E-state index contributed by atoms with van der Waals surface area (Å²) in [6.45, 7) is 3.78. The minimum absolute atomic E-state index is 0.00148. The van der Waals surface area contributed by atoms with Gasteiger partial charge in [0.25, 0.3) is 0 Å². The highest BCUT2D eigenvalue weighted by Gasteiger charge is 2.09. The zero-order chi connectivity index (χ0) is 20.8. The summed E-state index contributed by atoms with van der Waals surface area (Å²) in [5.74, 6) is 0.272. The van der Waals surface area contributed by atoms with Crippen LogP contribution in [0.3, 0.4) is 0 Å². The summed E-state index contributed by atoms with van der Waals surface area (Å²) in [5, 5.41) is 0.750. The molecule has 0 aliphatic carbocycles. The van der Waals surface area contributed by atoms with Gasteiger partial charge in [-0.05, 0) is 56.2 Å². The standard InChI is InChI=1S/C23H22O6/c1-15-5-10-20-18(13-23(26)29-21(20)12-15)14-28-22(25)4-3-11-27-19-8-6-17(7-9-19)16(2)24/h5-10,12-13H,3-4,11,14H2,1-2H3. The normalized spacial score (nSPS) is 10.7. The quantitative estimate of drug-likeness (QED) is 0.246. The molecule has 6 heteroatoms. The smallest absolute Gasteiger partial charge is 0.336 e. The molecule has 0 aliphatic heterocycles. The van der Waals surface area contributed by atoms with E-state index in [9.17, 15) is 14.4 Å². The highest BCUT2D eigenvalue weighted by molar-refractivity contribution is 5.94. The van der Waals surface area contributed by atoms with Gasteiger partial charge in [-0.1, -0.05) is 12.1 Å². The third-order valence-electron chi connectivity index (χ3n) is 4.43. The van der Waals surface area contributed by atoms with Crippen LogP contribution in [0.4, 0.5) is 0 Å². The highest BCUT2D eigenvalue weighted by Crippen LogP contribution is 2.19. The molecule has 0 spiro atoms. The average molecular weight is 394 g/mol. The van der Waals surface area contributed by atoms with Gasteiger partial charge in [0, 0.05) is 29.0 Å². The van der Waals surface area contributed by atoms with E-state index >= 15 is 0 Å². The molecule has 0 aliphatic rings. The molecule has 0 N–H and O–H groups in total. The van der Waals surface area contributed by atoms with Crippen molar-refractivity contribution in [2.45, 2.75) is 33.3 Å². The van der Waals surface area contributed by atoms with Crippen LogP contribution >= 0.6 is 0 Å². The molecule has 1 aromatic heterocycles. The molecule has 0 bridgehead atoms. The Morgan fingerprint density at radius 2 is 1.79 bits per heavy atom. The third-order valence-corrected chi connectivity index (χ3v) is 4.43. The van der Waals surface area contributed by atoms with E-state index in [0.717, 1.165) is 10.9 Å². The number of Topliss-reactive ketones (excluding diaryl/α,β-unsaturated/α-hetero) is 1. The van der Waals surface area contributed by atoms with Crippen LogP contribution in [-0.4, -0.2) is 18.4 Å². The number of ether oxygens (including phenoxy) is 2. The average Bonchev–Trinajstić information content (AvgIpc) is 2.69. The van der Waals surface area contributed by atoms with Crippen molar-refractivity contribution in [3.05, 3.63) is 75.6 Å². The van der Waals surface area contributed by atoms with Gasteiger partial charge < -0.3 is 13.9 Å². The van der Waals surface area contributed by atoms with Crippen LogP contribution in [0, 0.1) is 6.92 Å². The molecule has 0 unspecified atom stereocenters. The predicted molar refractivity (Wildman–Crippen MR) is 108 cm³/mol. The molecule has 6 nitrogen and oxygen atoms in total. The van der Waals surface area contributed by atoms with E-state index < -0.39 is 5.63 Å². The second kappa shape index (κ2) is 9.19. The Morgan fingerprint density at radius 1 is 1.03 bits per heavy atom. The van der Waals surface area contributed by atoms with Gasteiger partial charge in [0.05, 0.1) is 6.61 Å². The fourth-order valence-electron chi connectivity index (χ4n) is 2.88. The van der Waals surface area contributed by atoms with Crippen LogP contribution in [-0.2, 0) is 16.1 Å². The molecular weight excluding hydrogens is 372 g/mol. The molecule has 29 heavy (non-hydrogen) atoms. The molecule has 0 saturated carbocycles. The number of esters is 1. The summed E-state index contributed by atoms with van der Waals surface area (Å²) in [7, 11) is 0. The molecule has 0 atom stereocenters. The number of hydrogen-bond acceptors (Lipinski definition) is 6. The maximum absolute atomic E-state index is 12.0. The van der Waals surface area contributed by atoms with E-state index in [1.165, 1.54) is 13.0 Å². The fraction of sp³-hybridized carbons (Fsp3) is 0.261. The molecule has 0 saturated heterocycles.